The van der Waals surface area contributed by atoms with Crippen LogP contribution >= 0.6 is 11.3 Å². The highest BCUT2D eigenvalue weighted by molar-refractivity contribution is 7.09. The third kappa shape index (κ3) is 3.37. The average Bonchev–Trinajstić information content (AvgIpc) is 3.05. The molecule has 0 aromatic carbocycles. The topological polar surface area (TPSA) is 66.1 Å². The SMILES string of the molecule is CC(C)c1csc([C@H]2CCCN(C(=O)c3ccc[nH]c3=O)C2)n1. The first kappa shape index (κ1) is 15.9. The molecular formula is C17H21N3O2S. The van der Waals surface area contributed by atoms with Gasteiger partial charge in [0.25, 0.3) is 11.5 Å². The molecule has 1 N–H and O–H groups in total. The fraction of sp³-hybridized carbons (Fsp3) is 0.471. The van der Waals surface area contributed by atoms with Gasteiger partial charge >= 0.3 is 0 Å². The summed E-state index contributed by atoms with van der Waals surface area (Å²) >= 11 is 1.68. The van der Waals surface area contributed by atoms with E-state index >= 15 is 0 Å². The van der Waals surface area contributed by atoms with E-state index < -0.39 is 0 Å². The van der Waals surface area contributed by atoms with E-state index in [-0.39, 0.29) is 22.9 Å². The molecule has 23 heavy (non-hydrogen) atoms. The lowest BCUT2D eigenvalue weighted by Gasteiger charge is -2.31. The smallest absolute Gasteiger partial charge is 0.260 e. The van der Waals surface area contributed by atoms with Crippen molar-refractivity contribution >= 4 is 17.2 Å². The maximum absolute atomic E-state index is 12.6. The average molecular weight is 331 g/mol. The predicted molar refractivity (Wildman–Crippen MR) is 91.1 cm³/mol. The number of hydrogen-bond acceptors (Lipinski definition) is 4. The molecular weight excluding hydrogens is 310 g/mol. The third-order valence-electron chi connectivity index (χ3n) is 4.24. The molecule has 6 heteroatoms. The molecule has 2 aromatic rings. The molecule has 2 aromatic heterocycles. The Morgan fingerprint density at radius 2 is 2.30 bits per heavy atom. The van der Waals surface area contributed by atoms with Crippen LogP contribution in [0.3, 0.4) is 0 Å². The van der Waals surface area contributed by atoms with Crippen molar-refractivity contribution in [1.82, 2.24) is 14.9 Å². The number of carbonyl (C=O) groups is 1. The molecule has 1 aliphatic rings. The van der Waals surface area contributed by atoms with Crippen LogP contribution in [0, 0.1) is 0 Å². The van der Waals surface area contributed by atoms with Crippen molar-refractivity contribution < 1.29 is 4.79 Å². The van der Waals surface area contributed by atoms with Crippen molar-refractivity contribution in [3.63, 3.8) is 0 Å². The third-order valence-corrected chi connectivity index (χ3v) is 5.26. The minimum absolute atomic E-state index is 0.183. The molecule has 0 bridgehead atoms. The molecule has 122 valence electrons. The largest absolute Gasteiger partial charge is 0.338 e. The van der Waals surface area contributed by atoms with Gasteiger partial charge in [-0.3, -0.25) is 9.59 Å². The summed E-state index contributed by atoms with van der Waals surface area (Å²) in [6.07, 6.45) is 3.53. The Morgan fingerprint density at radius 3 is 3.00 bits per heavy atom. The molecule has 1 saturated heterocycles. The molecule has 0 spiro atoms. The summed E-state index contributed by atoms with van der Waals surface area (Å²) in [7, 11) is 0. The fourth-order valence-corrected chi connectivity index (χ4v) is 3.99. The van der Waals surface area contributed by atoms with Crippen molar-refractivity contribution in [3.8, 4) is 0 Å². The molecule has 1 aliphatic heterocycles. The second kappa shape index (κ2) is 6.66. The number of amides is 1. The summed E-state index contributed by atoms with van der Waals surface area (Å²) in [5.41, 5.74) is 1.01. The number of piperidine rings is 1. The molecule has 5 nitrogen and oxygen atoms in total. The van der Waals surface area contributed by atoms with Crippen molar-refractivity contribution in [1.29, 1.82) is 0 Å². The fourth-order valence-electron chi connectivity index (χ4n) is 2.88. The number of aromatic nitrogens is 2. The number of pyridine rings is 1. The van der Waals surface area contributed by atoms with E-state index in [1.54, 1.807) is 34.6 Å². The summed E-state index contributed by atoms with van der Waals surface area (Å²) in [5, 5.41) is 3.22. The van der Waals surface area contributed by atoms with Gasteiger partial charge in [0.1, 0.15) is 5.56 Å². The van der Waals surface area contributed by atoms with Gasteiger partial charge in [-0.2, -0.15) is 0 Å². The number of thiazole rings is 1. The second-order valence-electron chi connectivity index (χ2n) is 6.27. The lowest BCUT2D eigenvalue weighted by molar-refractivity contribution is 0.0705. The van der Waals surface area contributed by atoms with Crippen LogP contribution in [0.4, 0.5) is 0 Å². The number of hydrogen-bond donors (Lipinski definition) is 1. The van der Waals surface area contributed by atoms with Crippen molar-refractivity contribution in [2.24, 2.45) is 0 Å². The molecule has 3 rings (SSSR count). The molecule has 1 atom stereocenters. The number of H-pyrrole nitrogens is 1. The lowest BCUT2D eigenvalue weighted by Crippen LogP contribution is -2.41. The molecule has 1 amide bonds. The van der Waals surface area contributed by atoms with E-state index in [2.05, 4.69) is 24.2 Å². The number of aromatic amines is 1. The first-order valence-electron chi connectivity index (χ1n) is 7.98. The van der Waals surface area contributed by atoms with Gasteiger partial charge in [-0.1, -0.05) is 13.8 Å². The van der Waals surface area contributed by atoms with Crippen LogP contribution in [0.5, 0.6) is 0 Å². The van der Waals surface area contributed by atoms with Gasteiger partial charge in [0.05, 0.1) is 10.7 Å². The molecule has 3 heterocycles. The van der Waals surface area contributed by atoms with Gasteiger partial charge in [-0.25, -0.2) is 4.98 Å². The Bertz CT molecular complexity index is 750. The molecule has 0 aliphatic carbocycles. The number of carbonyl (C=O) groups excluding carboxylic acids is 1. The van der Waals surface area contributed by atoms with E-state index in [0.717, 1.165) is 23.5 Å². The van der Waals surface area contributed by atoms with Gasteiger partial charge in [0, 0.05) is 30.6 Å². The summed E-state index contributed by atoms with van der Waals surface area (Å²) in [4.78, 5) is 33.5. The summed E-state index contributed by atoms with van der Waals surface area (Å²) in [6.45, 7) is 5.61. The molecule has 1 fully saturated rings. The zero-order chi connectivity index (χ0) is 16.4. The lowest BCUT2D eigenvalue weighted by atomic mass is 9.98. The van der Waals surface area contributed by atoms with Crippen molar-refractivity contribution in [3.05, 3.63) is 50.3 Å². The Kier molecular flexibility index (Phi) is 4.61. The van der Waals surface area contributed by atoms with Gasteiger partial charge in [-0.05, 0) is 30.9 Å². The van der Waals surface area contributed by atoms with Crippen LogP contribution in [0.2, 0.25) is 0 Å². The predicted octanol–water partition coefficient (Wildman–Crippen LogP) is 2.97. The normalized spacial score (nSPS) is 18.4. The van der Waals surface area contributed by atoms with Crippen LogP contribution in [0.1, 0.15) is 59.6 Å². The van der Waals surface area contributed by atoms with E-state index in [9.17, 15) is 9.59 Å². The summed E-state index contributed by atoms with van der Waals surface area (Å²) in [6, 6.07) is 3.27. The van der Waals surface area contributed by atoms with Crippen molar-refractivity contribution in [2.45, 2.75) is 38.5 Å². The van der Waals surface area contributed by atoms with Gasteiger partial charge < -0.3 is 9.88 Å². The summed E-state index contributed by atoms with van der Waals surface area (Å²) in [5.74, 6) is 0.509. The highest BCUT2D eigenvalue weighted by Gasteiger charge is 2.28. The maximum Gasteiger partial charge on any atom is 0.260 e. The summed E-state index contributed by atoms with van der Waals surface area (Å²) < 4.78 is 0. The monoisotopic (exact) mass is 331 g/mol. The Morgan fingerprint density at radius 1 is 1.48 bits per heavy atom. The van der Waals surface area contributed by atoms with E-state index in [1.807, 2.05) is 0 Å². The highest BCUT2D eigenvalue weighted by Crippen LogP contribution is 2.31. The quantitative estimate of drug-likeness (QED) is 0.940. The van der Waals surface area contributed by atoms with Crippen LogP contribution < -0.4 is 5.56 Å². The van der Waals surface area contributed by atoms with Crippen LogP contribution in [-0.2, 0) is 0 Å². The standard InChI is InChI=1S/C17H21N3O2S/c1-11(2)14-10-23-16(19-14)12-5-4-8-20(9-12)17(22)13-6-3-7-18-15(13)21/h3,6-7,10-12H,4-5,8-9H2,1-2H3,(H,18,21)/t12-/m0/s1. The Hall–Kier alpha value is -1.95. The van der Waals surface area contributed by atoms with Crippen LogP contribution in [0.15, 0.2) is 28.5 Å². The van der Waals surface area contributed by atoms with Gasteiger partial charge in [0.2, 0.25) is 0 Å². The maximum atomic E-state index is 12.6. The highest BCUT2D eigenvalue weighted by atomic mass is 32.1. The number of nitrogens with one attached hydrogen (secondary N) is 1. The zero-order valence-corrected chi connectivity index (χ0v) is 14.2. The Balaban J connectivity index is 1.76. The zero-order valence-electron chi connectivity index (χ0n) is 13.4. The number of likely N-dealkylation sites (tertiary alicyclic amines) is 1. The van der Waals surface area contributed by atoms with Crippen LogP contribution in [0.25, 0.3) is 0 Å². The minimum atomic E-state index is -0.323. The van der Waals surface area contributed by atoms with Gasteiger partial charge in [0.15, 0.2) is 0 Å². The van der Waals surface area contributed by atoms with E-state index in [0.29, 0.717) is 19.0 Å². The minimum Gasteiger partial charge on any atom is -0.338 e. The molecule has 0 unspecified atom stereocenters. The Labute approximate surface area is 139 Å². The second-order valence-corrected chi connectivity index (χ2v) is 7.16. The van der Waals surface area contributed by atoms with E-state index in [1.165, 1.54) is 0 Å². The number of rotatable bonds is 3. The number of nitrogens with zero attached hydrogens (tertiary/aromatic N) is 2. The molecule has 0 saturated carbocycles. The first-order chi connectivity index (χ1) is 11.1. The van der Waals surface area contributed by atoms with Crippen molar-refractivity contribution in [2.75, 3.05) is 13.1 Å². The van der Waals surface area contributed by atoms with Gasteiger partial charge in [-0.15, -0.1) is 11.3 Å². The first-order valence-corrected chi connectivity index (χ1v) is 8.86. The van der Waals surface area contributed by atoms with E-state index in [4.69, 9.17) is 4.98 Å². The molecule has 0 radical (unpaired) electrons. The van der Waals surface area contributed by atoms with Crippen LogP contribution in [-0.4, -0.2) is 33.9 Å².